The minimum atomic E-state index is -0.556. The van der Waals surface area contributed by atoms with Crippen LogP contribution in [0.25, 0.3) is 0 Å². The summed E-state index contributed by atoms with van der Waals surface area (Å²) in [4.78, 5) is 13.0. The van der Waals surface area contributed by atoms with Crippen molar-refractivity contribution in [1.82, 2.24) is 10.6 Å². The van der Waals surface area contributed by atoms with Gasteiger partial charge in [0.25, 0.3) is 5.91 Å². The van der Waals surface area contributed by atoms with Gasteiger partial charge >= 0.3 is 0 Å². The number of carbonyl (C=O) groups is 1. The zero-order valence-corrected chi connectivity index (χ0v) is 16.4. The zero-order chi connectivity index (χ0) is 20.3. The maximum absolute atomic E-state index is 13.1. The quantitative estimate of drug-likeness (QED) is 0.668. The second kappa shape index (κ2) is 8.26. The molecular formula is C20H20FN3O3S. The number of carbonyl (C=O) groups excluding carboxylic acids is 1. The van der Waals surface area contributed by atoms with Gasteiger partial charge in [0.05, 0.1) is 25.8 Å². The highest BCUT2D eigenvalue weighted by molar-refractivity contribution is 7.80. The molecule has 3 rings (SSSR count). The maximum Gasteiger partial charge on any atom is 0.255 e. The SMILES string of the molecule is COc1cccc([C@H]2NC(=S)NC(C)=C2C(=O)Nc2ccc(F)cc2)c1OC. The molecule has 0 saturated carbocycles. The van der Waals surface area contributed by atoms with Gasteiger partial charge in [-0.25, -0.2) is 4.39 Å². The molecule has 1 atom stereocenters. The summed E-state index contributed by atoms with van der Waals surface area (Å²) >= 11 is 5.28. The summed E-state index contributed by atoms with van der Waals surface area (Å²) in [6.45, 7) is 1.77. The van der Waals surface area contributed by atoms with Gasteiger partial charge in [0.2, 0.25) is 0 Å². The fraction of sp³-hybridized carbons (Fsp3) is 0.200. The number of hydrogen-bond donors (Lipinski definition) is 3. The van der Waals surface area contributed by atoms with Gasteiger partial charge in [0, 0.05) is 16.9 Å². The van der Waals surface area contributed by atoms with Crippen molar-refractivity contribution in [2.24, 2.45) is 0 Å². The Morgan fingerprint density at radius 3 is 2.50 bits per heavy atom. The molecule has 0 unspecified atom stereocenters. The normalized spacial score (nSPS) is 16.1. The van der Waals surface area contributed by atoms with Crippen LogP contribution in [0, 0.1) is 5.82 Å². The summed E-state index contributed by atoms with van der Waals surface area (Å²) in [7, 11) is 3.08. The summed E-state index contributed by atoms with van der Waals surface area (Å²) in [5.41, 5.74) is 2.23. The van der Waals surface area contributed by atoms with Gasteiger partial charge in [0.15, 0.2) is 16.6 Å². The fourth-order valence-corrected chi connectivity index (χ4v) is 3.37. The first-order chi connectivity index (χ1) is 13.4. The smallest absolute Gasteiger partial charge is 0.255 e. The second-order valence-electron chi connectivity index (χ2n) is 6.11. The van der Waals surface area contributed by atoms with E-state index in [4.69, 9.17) is 21.7 Å². The van der Waals surface area contributed by atoms with Crippen molar-refractivity contribution in [1.29, 1.82) is 0 Å². The molecule has 1 aliphatic heterocycles. The number of hydrogen-bond acceptors (Lipinski definition) is 4. The lowest BCUT2D eigenvalue weighted by molar-refractivity contribution is -0.113. The fourth-order valence-electron chi connectivity index (χ4n) is 3.10. The van der Waals surface area contributed by atoms with E-state index >= 15 is 0 Å². The third-order valence-corrected chi connectivity index (χ3v) is 4.58. The zero-order valence-electron chi connectivity index (χ0n) is 15.6. The molecule has 3 N–H and O–H groups in total. The number of halogens is 1. The van der Waals surface area contributed by atoms with Crippen LogP contribution in [-0.4, -0.2) is 25.2 Å². The molecule has 0 saturated heterocycles. The van der Waals surface area contributed by atoms with E-state index in [9.17, 15) is 9.18 Å². The average Bonchev–Trinajstić information content (AvgIpc) is 2.68. The molecule has 0 spiro atoms. The molecule has 146 valence electrons. The van der Waals surface area contributed by atoms with E-state index in [1.807, 2.05) is 12.1 Å². The van der Waals surface area contributed by atoms with E-state index in [0.717, 1.165) is 0 Å². The van der Waals surface area contributed by atoms with E-state index in [1.165, 1.54) is 31.4 Å². The lowest BCUT2D eigenvalue weighted by atomic mass is 9.94. The Morgan fingerprint density at radius 1 is 1.14 bits per heavy atom. The Balaban J connectivity index is 2.02. The molecule has 28 heavy (non-hydrogen) atoms. The van der Waals surface area contributed by atoms with Crippen molar-refractivity contribution in [3.8, 4) is 11.5 Å². The number of allylic oxidation sites excluding steroid dienone is 1. The third-order valence-electron chi connectivity index (χ3n) is 4.36. The molecule has 0 aromatic heterocycles. The van der Waals surface area contributed by atoms with Crippen LogP contribution in [0.15, 0.2) is 53.7 Å². The number of thiocarbonyl (C=S) groups is 1. The molecule has 6 nitrogen and oxygen atoms in total. The number of anilines is 1. The molecule has 0 fully saturated rings. The van der Waals surface area contributed by atoms with Gasteiger partial charge in [-0.05, 0) is 49.5 Å². The highest BCUT2D eigenvalue weighted by Crippen LogP contribution is 2.39. The first-order valence-electron chi connectivity index (χ1n) is 8.50. The number of rotatable bonds is 5. The minimum Gasteiger partial charge on any atom is -0.493 e. The van der Waals surface area contributed by atoms with Gasteiger partial charge in [-0.1, -0.05) is 12.1 Å². The molecule has 0 bridgehead atoms. The van der Waals surface area contributed by atoms with Gasteiger partial charge in [-0.2, -0.15) is 0 Å². The van der Waals surface area contributed by atoms with Crippen molar-refractivity contribution in [3.63, 3.8) is 0 Å². The van der Waals surface area contributed by atoms with E-state index < -0.39 is 6.04 Å². The highest BCUT2D eigenvalue weighted by Gasteiger charge is 2.32. The van der Waals surface area contributed by atoms with Crippen molar-refractivity contribution in [2.75, 3.05) is 19.5 Å². The summed E-state index contributed by atoms with van der Waals surface area (Å²) in [6.07, 6.45) is 0. The molecular weight excluding hydrogens is 381 g/mol. The topological polar surface area (TPSA) is 71.6 Å². The molecule has 1 heterocycles. The summed E-state index contributed by atoms with van der Waals surface area (Å²) in [5.74, 6) is 0.328. The van der Waals surface area contributed by atoms with Crippen LogP contribution < -0.4 is 25.4 Å². The highest BCUT2D eigenvalue weighted by atomic mass is 32.1. The standard InChI is InChI=1S/C20H20FN3O3S/c1-11-16(19(25)23-13-9-7-12(21)8-10-13)17(24-20(28)22-11)14-5-4-6-15(26-2)18(14)27-3/h4-10,17H,1-3H3,(H,23,25)(H2,22,24,28)/t17-/m1/s1. The van der Waals surface area contributed by atoms with Gasteiger partial charge in [-0.15, -0.1) is 0 Å². The van der Waals surface area contributed by atoms with Gasteiger partial charge in [0.1, 0.15) is 5.82 Å². The summed E-state index contributed by atoms with van der Waals surface area (Å²) in [6, 6.07) is 10.4. The maximum atomic E-state index is 13.1. The molecule has 0 radical (unpaired) electrons. The first kappa shape index (κ1) is 19.6. The Hall–Kier alpha value is -3.13. The van der Waals surface area contributed by atoms with Crippen LogP contribution in [0.4, 0.5) is 10.1 Å². The molecule has 1 amide bonds. The number of amides is 1. The second-order valence-corrected chi connectivity index (χ2v) is 6.52. The van der Waals surface area contributed by atoms with Crippen LogP contribution in [0.2, 0.25) is 0 Å². The molecule has 2 aromatic carbocycles. The van der Waals surface area contributed by atoms with Crippen LogP contribution in [-0.2, 0) is 4.79 Å². The number of para-hydroxylation sites is 1. The summed E-state index contributed by atoms with van der Waals surface area (Å²) < 4.78 is 24.0. The van der Waals surface area contributed by atoms with Crippen LogP contribution >= 0.6 is 12.2 Å². The third kappa shape index (κ3) is 3.91. The van der Waals surface area contributed by atoms with Crippen molar-refractivity contribution in [3.05, 3.63) is 65.1 Å². The summed E-state index contributed by atoms with van der Waals surface area (Å²) in [5, 5.41) is 9.28. The van der Waals surface area contributed by atoms with Crippen molar-refractivity contribution < 1.29 is 18.7 Å². The number of ether oxygens (including phenoxy) is 2. The lowest BCUT2D eigenvalue weighted by Gasteiger charge is -2.31. The Bertz CT molecular complexity index is 944. The van der Waals surface area contributed by atoms with Crippen LogP contribution in [0.3, 0.4) is 0 Å². The largest absolute Gasteiger partial charge is 0.493 e. The molecule has 2 aromatic rings. The average molecular weight is 401 g/mol. The molecule has 1 aliphatic rings. The van der Waals surface area contributed by atoms with Crippen LogP contribution in [0.1, 0.15) is 18.5 Å². The van der Waals surface area contributed by atoms with Crippen molar-refractivity contribution >= 4 is 28.9 Å². The first-order valence-corrected chi connectivity index (χ1v) is 8.91. The number of nitrogens with one attached hydrogen (secondary N) is 3. The predicted molar refractivity (Wildman–Crippen MR) is 109 cm³/mol. The lowest BCUT2D eigenvalue weighted by Crippen LogP contribution is -2.45. The predicted octanol–water partition coefficient (Wildman–Crippen LogP) is 3.27. The minimum absolute atomic E-state index is 0.346. The monoisotopic (exact) mass is 401 g/mol. The van der Waals surface area contributed by atoms with E-state index in [-0.39, 0.29) is 11.7 Å². The van der Waals surface area contributed by atoms with Gasteiger partial charge < -0.3 is 25.4 Å². The molecule has 8 heteroatoms. The Morgan fingerprint density at radius 2 is 1.86 bits per heavy atom. The molecule has 0 aliphatic carbocycles. The Kier molecular flexibility index (Phi) is 5.79. The van der Waals surface area contributed by atoms with E-state index in [1.54, 1.807) is 20.1 Å². The van der Waals surface area contributed by atoms with E-state index in [0.29, 0.717) is 39.1 Å². The number of benzene rings is 2. The van der Waals surface area contributed by atoms with Gasteiger partial charge in [-0.3, -0.25) is 4.79 Å². The Labute approximate surface area is 167 Å². The number of methoxy groups -OCH3 is 2. The van der Waals surface area contributed by atoms with Crippen LogP contribution in [0.5, 0.6) is 11.5 Å². The van der Waals surface area contributed by atoms with Crippen molar-refractivity contribution in [2.45, 2.75) is 13.0 Å². The van der Waals surface area contributed by atoms with E-state index in [2.05, 4.69) is 16.0 Å².